The van der Waals surface area contributed by atoms with E-state index in [1.165, 1.54) is 24.1 Å². The lowest BCUT2D eigenvalue weighted by Gasteiger charge is -2.16. The Morgan fingerprint density at radius 3 is 2.94 bits per heavy atom. The van der Waals surface area contributed by atoms with E-state index in [9.17, 15) is 14.0 Å². The number of hydrazine groups is 1. The molecule has 1 unspecified atom stereocenters. The fourth-order valence-corrected chi connectivity index (χ4v) is 2.54. The Kier molecular flexibility index (Phi) is 8.47. The topological polar surface area (TPSA) is 168 Å². The monoisotopic (exact) mass is 429 g/mol. The molecule has 0 fully saturated rings. The van der Waals surface area contributed by atoms with E-state index < -0.39 is 18.0 Å². The number of carbonyl (C=O) groups excluding carboxylic acids is 2. The van der Waals surface area contributed by atoms with Gasteiger partial charge in [0.05, 0.1) is 24.4 Å². The number of nitrogens with zero attached hydrogens (tertiary/aromatic N) is 5. The largest absolute Gasteiger partial charge is 0.393 e. The van der Waals surface area contributed by atoms with Crippen LogP contribution in [0.1, 0.15) is 28.0 Å². The molecular weight excluding hydrogens is 405 g/mol. The molecule has 0 spiro atoms. The molecule has 164 valence electrons. The number of nitrogens with one attached hydrogen (secondary N) is 2. The highest BCUT2D eigenvalue weighted by molar-refractivity contribution is 5.92. The molecule has 0 aliphatic carbocycles. The number of aromatic nitrogens is 3. The van der Waals surface area contributed by atoms with Crippen LogP contribution in [0.15, 0.2) is 42.4 Å². The molecule has 0 radical (unpaired) electrons. The first kappa shape index (κ1) is 23.3. The standard InChI is InChI=1S/C19H24FN9O2/c1-24-18(30)16(22)11-28(23)6-5-15(20)10-29-12-17(26-27-29)19(31)25-9-14-4-2-3-13(7-14)8-21/h2-4,7,11-12,15H,5-6,9-10,22-23H2,1H3,(H,24,30)(H,25,31)/b16-11-. The summed E-state index contributed by atoms with van der Waals surface area (Å²) in [5.41, 5.74) is 6.74. The molecule has 1 atom stereocenters. The van der Waals surface area contributed by atoms with Crippen LogP contribution >= 0.6 is 0 Å². The van der Waals surface area contributed by atoms with E-state index in [2.05, 4.69) is 20.9 Å². The molecule has 11 nitrogen and oxygen atoms in total. The molecule has 2 aromatic rings. The molecule has 2 amide bonds. The SMILES string of the molecule is CNC(=O)/C(N)=C/N(N)CCC(F)Cn1cc(C(=O)NCc2cccc(C#N)c2)nn1. The van der Waals surface area contributed by atoms with Crippen LogP contribution in [0.3, 0.4) is 0 Å². The highest BCUT2D eigenvalue weighted by Crippen LogP contribution is 2.06. The first-order valence-electron chi connectivity index (χ1n) is 9.34. The van der Waals surface area contributed by atoms with Crippen LogP contribution in [0.25, 0.3) is 0 Å². The minimum absolute atomic E-state index is 0.0463. The lowest BCUT2D eigenvalue weighted by molar-refractivity contribution is -0.117. The van der Waals surface area contributed by atoms with Crippen molar-refractivity contribution in [2.24, 2.45) is 11.6 Å². The zero-order valence-electron chi connectivity index (χ0n) is 17.0. The molecule has 0 aliphatic heterocycles. The van der Waals surface area contributed by atoms with Crippen molar-refractivity contribution in [3.8, 4) is 6.07 Å². The maximum atomic E-state index is 14.2. The minimum Gasteiger partial charge on any atom is -0.393 e. The van der Waals surface area contributed by atoms with E-state index in [0.29, 0.717) is 5.56 Å². The van der Waals surface area contributed by atoms with Gasteiger partial charge >= 0.3 is 0 Å². The number of nitrogens with two attached hydrogens (primary N) is 2. The normalized spacial score (nSPS) is 12.0. The van der Waals surface area contributed by atoms with E-state index in [1.54, 1.807) is 24.3 Å². The van der Waals surface area contributed by atoms with Gasteiger partial charge in [-0.25, -0.2) is 14.9 Å². The van der Waals surface area contributed by atoms with Gasteiger partial charge in [-0.05, 0) is 24.1 Å². The van der Waals surface area contributed by atoms with Gasteiger partial charge in [0.2, 0.25) is 0 Å². The summed E-state index contributed by atoms with van der Waals surface area (Å²) < 4.78 is 15.5. The molecule has 0 aliphatic rings. The highest BCUT2D eigenvalue weighted by Gasteiger charge is 2.14. The number of likely N-dealkylation sites (N-methyl/N-ethyl adjacent to an activating group) is 1. The van der Waals surface area contributed by atoms with E-state index in [-0.39, 0.29) is 37.4 Å². The molecule has 31 heavy (non-hydrogen) atoms. The molecular formula is C19H24FN9O2. The second-order valence-electron chi connectivity index (χ2n) is 6.61. The zero-order valence-corrected chi connectivity index (χ0v) is 17.0. The third kappa shape index (κ3) is 7.41. The van der Waals surface area contributed by atoms with Crippen LogP contribution in [0.2, 0.25) is 0 Å². The number of hydrogen-bond acceptors (Lipinski definition) is 8. The minimum atomic E-state index is -1.31. The third-order valence-corrected chi connectivity index (χ3v) is 4.16. The zero-order chi connectivity index (χ0) is 22.8. The smallest absolute Gasteiger partial charge is 0.273 e. The van der Waals surface area contributed by atoms with Crippen molar-refractivity contribution in [1.29, 1.82) is 5.26 Å². The molecule has 12 heteroatoms. The number of rotatable bonds is 10. The molecule has 0 saturated heterocycles. The van der Waals surface area contributed by atoms with Gasteiger partial charge in [-0.1, -0.05) is 17.3 Å². The summed E-state index contributed by atoms with van der Waals surface area (Å²) in [5, 5.41) is 22.6. The number of alkyl halides is 1. The van der Waals surface area contributed by atoms with E-state index >= 15 is 0 Å². The van der Waals surface area contributed by atoms with Gasteiger partial charge in [-0.2, -0.15) is 5.26 Å². The molecule has 1 heterocycles. The molecule has 0 saturated carbocycles. The fraction of sp³-hybridized carbons (Fsp3) is 0.316. The lowest BCUT2D eigenvalue weighted by Crippen LogP contribution is -2.33. The predicted molar refractivity (Wildman–Crippen MR) is 109 cm³/mol. The summed E-state index contributed by atoms with van der Waals surface area (Å²) in [6.45, 7) is 0.210. The molecule has 1 aromatic carbocycles. The quantitative estimate of drug-likeness (QED) is 0.223. The Hall–Kier alpha value is -3.98. The first-order chi connectivity index (χ1) is 14.8. The van der Waals surface area contributed by atoms with Crippen molar-refractivity contribution in [3.63, 3.8) is 0 Å². The Balaban J connectivity index is 1.81. The Morgan fingerprint density at radius 1 is 1.45 bits per heavy atom. The van der Waals surface area contributed by atoms with Crippen molar-refractivity contribution in [1.82, 2.24) is 30.6 Å². The van der Waals surface area contributed by atoms with E-state index in [0.717, 1.165) is 10.6 Å². The predicted octanol–water partition coefficient (Wildman–Crippen LogP) is -0.470. The summed E-state index contributed by atoms with van der Waals surface area (Å²) in [6.07, 6.45) is 1.30. The summed E-state index contributed by atoms with van der Waals surface area (Å²) >= 11 is 0. The van der Waals surface area contributed by atoms with Gasteiger partial charge in [-0.3, -0.25) is 9.59 Å². The number of halogens is 1. The summed E-state index contributed by atoms with van der Waals surface area (Å²) in [5.74, 6) is 4.72. The maximum absolute atomic E-state index is 14.2. The molecule has 0 bridgehead atoms. The number of hydrogen-bond donors (Lipinski definition) is 4. The first-order valence-corrected chi connectivity index (χ1v) is 9.34. The molecule has 6 N–H and O–H groups in total. The highest BCUT2D eigenvalue weighted by atomic mass is 19.1. The third-order valence-electron chi connectivity index (χ3n) is 4.16. The van der Waals surface area contributed by atoms with Crippen molar-refractivity contribution >= 4 is 11.8 Å². The van der Waals surface area contributed by atoms with Crippen LogP contribution in [0, 0.1) is 11.3 Å². The average molecular weight is 429 g/mol. The lowest BCUT2D eigenvalue weighted by atomic mass is 10.1. The summed E-state index contributed by atoms with van der Waals surface area (Å²) in [7, 11) is 1.43. The number of carbonyl (C=O) groups is 2. The van der Waals surface area contributed by atoms with Gasteiger partial charge in [-0.15, -0.1) is 5.10 Å². The van der Waals surface area contributed by atoms with Crippen LogP contribution in [0.4, 0.5) is 4.39 Å². The van der Waals surface area contributed by atoms with Crippen LogP contribution < -0.4 is 22.2 Å². The van der Waals surface area contributed by atoms with Gasteiger partial charge in [0, 0.05) is 26.3 Å². The van der Waals surface area contributed by atoms with Gasteiger partial charge in [0.1, 0.15) is 11.9 Å². The Bertz CT molecular complexity index is 983. The van der Waals surface area contributed by atoms with Crippen LogP contribution in [0.5, 0.6) is 0 Å². The summed E-state index contributed by atoms with van der Waals surface area (Å²) in [4.78, 5) is 23.5. The van der Waals surface area contributed by atoms with Crippen molar-refractivity contribution in [2.75, 3.05) is 13.6 Å². The molecule has 2 rings (SSSR count). The fourth-order valence-electron chi connectivity index (χ4n) is 2.54. The van der Waals surface area contributed by atoms with E-state index in [4.69, 9.17) is 16.8 Å². The number of nitriles is 1. The average Bonchev–Trinajstić information content (AvgIpc) is 3.24. The van der Waals surface area contributed by atoms with Crippen molar-refractivity contribution < 1.29 is 14.0 Å². The van der Waals surface area contributed by atoms with Crippen molar-refractivity contribution in [3.05, 3.63) is 59.2 Å². The Morgan fingerprint density at radius 2 is 2.23 bits per heavy atom. The van der Waals surface area contributed by atoms with Crippen LogP contribution in [-0.2, 0) is 17.9 Å². The van der Waals surface area contributed by atoms with Gasteiger partial charge < -0.3 is 21.4 Å². The number of amides is 2. The second kappa shape index (κ2) is 11.3. The van der Waals surface area contributed by atoms with Gasteiger partial charge in [0.25, 0.3) is 11.8 Å². The number of benzene rings is 1. The van der Waals surface area contributed by atoms with Crippen molar-refractivity contribution in [2.45, 2.75) is 25.7 Å². The van der Waals surface area contributed by atoms with Gasteiger partial charge in [0.15, 0.2) is 5.69 Å². The van der Waals surface area contributed by atoms with E-state index in [1.807, 2.05) is 6.07 Å². The Labute approximate surface area is 178 Å². The maximum Gasteiger partial charge on any atom is 0.273 e. The molecule has 1 aromatic heterocycles. The second-order valence-corrected chi connectivity index (χ2v) is 6.61. The summed E-state index contributed by atoms with van der Waals surface area (Å²) in [6, 6.07) is 8.87. The van der Waals surface area contributed by atoms with Crippen LogP contribution in [-0.4, -0.2) is 51.6 Å².